The minimum atomic E-state index is -0.685. The van der Waals surface area contributed by atoms with Crippen LogP contribution >= 0.6 is 0 Å². The van der Waals surface area contributed by atoms with Crippen LogP contribution in [0.3, 0.4) is 0 Å². The summed E-state index contributed by atoms with van der Waals surface area (Å²) in [7, 11) is 2.59. The van der Waals surface area contributed by atoms with Crippen LogP contribution < -0.4 is 10.6 Å². The maximum Gasteiger partial charge on any atom is 0.407 e. The molecule has 4 N–H and O–H groups in total. The molecular formula is C40H48N8O6. The standard InChI is InChI=1S/C40H48N8O6/c1-23(2)34(46-40(52)54-4)38(50)47-20-6-9-32(47)35-41-21-30(43-35)26-14-10-24(11-15-26)25-12-16-27(17-13-25)31-22-42-36(44-31)33-19-18-28-7-5-8-29(37(49)48(28)33)45-39(51)53-3/h10-17,21-23,28-29,32-34H,5-9,18-20H2,1-4H3,(H,41,43)(H,42,44)(H,45,51)(H,46,52)/t28-,29?,32-,33-,34-/m0/s1. The molecule has 7 rings (SSSR count). The quantitative estimate of drug-likeness (QED) is 0.159. The second-order valence-corrected chi connectivity index (χ2v) is 14.7. The van der Waals surface area contributed by atoms with Crippen molar-refractivity contribution in [1.29, 1.82) is 0 Å². The second kappa shape index (κ2) is 15.7. The van der Waals surface area contributed by atoms with Crippen molar-refractivity contribution in [2.24, 2.45) is 5.92 Å². The van der Waals surface area contributed by atoms with Gasteiger partial charge in [0.2, 0.25) is 11.8 Å². The van der Waals surface area contributed by atoms with Gasteiger partial charge in [-0.2, -0.15) is 0 Å². The second-order valence-electron chi connectivity index (χ2n) is 14.7. The molecule has 284 valence electrons. The molecule has 0 saturated carbocycles. The van der Waals surface area contributed by atoms with Crippen molar-refractivity contribution in [2.75, 3.05) is 20.8 Å². The molecule has 3 fully saturated rings. The van der Waals surface area contributed by atoms with Gasteiger partial charge in [-0.15, -0.1) is 0 Å². The molecule has 2 aromatic heterocycles. The van der Waals surface area contributed by atoms with Crippen LogP contribution in [-0.4, -0.2) is 92.6 Å². The smallest absolute Gasteiger partial charge is 0.407 e. The molecule has 1 unspecified atom stereocenters. The molecule has 3 aliphatic heterocycles. The van der Waals surface area contributed by atoms with E-state index >= 15 is 0 Å². The number of carbonyl (C=O) groups is 4. The summed E-state index contributed by atoms with van der Waals surface area (Å²) in [5.74, 6) is 1.16. The Hall–Kier alpha value is -5.66. The van der Waals surface area contributed by atoms with Crippen LogP contribution in [0.2, 0.25) is 0 Å². The van der Waals surface area contributed by atoms with Gasteiger partial charge in [-0.1, -0.05) is 62.4 Å². The average Bonchev–Trinajstić information content (AvgIpc) is 4.02. The average molecular weight is 737 g/mol. The lowest BCUT2D eigenvalue weighted by molar-refractivity contribution is -0.136. The lowest BCUT2D eigenvalue weighted by Crippen LogP contribution is -2.51. The maximum absolute atomic E-state index is 13.6. The fourth-order valence-corrected chi connectivity index (χ4v) is 8.15. The van der Waals surface area contributed by atoms with Crippen molar-refractivity contribution in [3.63, 3.8) is 0 Å². The lowest BCUT2D eigenvalue weighted by Gasteiger charge is -2.30. The molecule has 54 heavy (non-hydrogen) atoms. The summed E-state index contributed by atoms with van der Waals surface area (Å²) < 4.78 is 9.51. The molecule has 14 heteroatoms. The number of nitrogens with zero attached hydrogens (tertiary/aromatic N) is 4. The third kappa shape index (κ3) is 7.42. The number of carbonyl (C=O) groups excluding carboxylic acids is 4. The third-order valence-electron chi connectivity index (χ3n) is 11.0. The van der Waals surface area contributed by atoms with Gasteiger partial charge >= 0.3 is 12.2 Å². The highest BCUT2D eigenvalue weighted by molar-refractivity contribution is 5.87. The molecule has 4 amide bonds. The van der Waals surface area contributed by atoms with E-state index in [9.17, 15) is 19.2 Å². The maximum atomic E-state index is 13.6. The van der Waals surface area contributed by atoms with Crippen molar-refractivity contribution in [1.82, 2.24) is 40.4 Å². The van der Waals surface area contributed by atoms with Crippen LogP contribution in [-0.2, 0) is 19.1 Å². The number of benzene rings is 2. The highest BCUT2D eigenvalue weighted by atomic mass is 16.5. The normalized spacial score (nSPS) is 21.8. The van der Waals surface area contributed by atoms with Gasteiger partial charge in [0.05, 0.1) is 50.1 Å². The third-order valence-corrected chi connectivity index (χ3v) is 11.0. The first kappa shape index (κ1) is 36.7. The van der Waals surface area contributed by atoms with Crippen molar-refractivity contribution in [3.8, 4) is 33.6 Å². The summed E-state index contributed by atoms with van der Waals surface area (Å²) in [5.41, 5.74) is 5.83. The zero-order chi connectivity index (χ0) is 37.9. The zero-order valence-corrected chi connectivity index (χ0v) is 31.1. The number of H-pyrrole nitrogens is 2. The van der Waals surface area contributed by atoms with Gasteiger partial charge in [-0.05, 0) is 73.1 Å². The van der Waals surface area contributed by atoms with Crippen molar-refractivity contribution in [3.05, 3.63) is 72.6 Å². The molecule has 0 aliphatic carbocycles. The van der Waals surface area contributed by atoms with E-state index in [-0.39, 0.29) is 35.9 Å². The van der Waals surface area contributed by atoms with E-state index < -0.39 is 24.3 Å². The summed E-state index contributed by atoms with van der Waals surface area (Å²) in [6, 6.07) is 15.0. The highest BCUT2D eigenvalue weighted by Crippen LogP contribution is 2.40. The Morgan fingerprint density at radius 2 is 1.31 bits per heavy atom. The molecule has 0 spiro atoms. The fourth-order valence-electron chi connectivity index (χ4n) is 8.15. The molecular weight excluding hydrogens is 688 g/mol. The van der Waals surface area contributed by atoms with Crippen molar-refractivity contribution < 1.29 is 28.7 Å². The van der Waals surface area contributed by atoms with Crippen LogP contribution in [0.25, 0.3) is 33.6 Å². The molecule has 0 radical (unpaired) electrons. The summed E-state index contributed by atoms with van der Waals surface area (Å²) >= 11 is 0. The summed E-state index contributed by atoms with van der Waals surface area (Å²) in [4.78, 5) is 71.0. The number of alkyl carbamates (subject to hydrolysis) is 2. The van der Waals surface area contributed by atoms with Crippen LogP contribution in [0, 0.1) is 5.92 Å². The number of nitrogens with one attached hydrogen (secondary N) is 4. The minimum absolute atomic E-state index is 0.0785. The van der Waals surface area contributed by atoms with Crippen LogP contribution in [0.4, 0.5) is 9.59 Å². The number of amides is 4. The SMILES string of the molecule is COC(=O)NC1CCC[C@H]2CC[C@@H](c3ncc(-c4ccc(-c5ccc(-c6cnc([C@@H]7CCCN7C(=O)[C@@H](NC(=O)OC)C(C)C)[nH]6)cc5)cc4)[nH]3)N2C1=O. The molecule has 5 atom stereocenters. The van der Waals surface area contributed by atoms with Gasteiger partial charge in [0.1, 0.15) is 23.7 Å². The number of methoxy groups -OCH3 is 2. The lowest BCUT2D eigenvalue weighted by atomic mass is 10.0. The van der Waals surface area contributed by atoms with E-state index in [4.69, 9.17) is 14.5 Å². The summed E-state index contributed by atoms with van der Waals surface area (Å²) in [6.07, 6.45) is 8.12. The van der Waals surface area contributed by atoms with Crippen molar-refractivity contribution >= 4 is 24.0 Å². The predicted molar refractivity (Wildman–Crippen MR) is 201 cm³/mol. The number of aromatic amines is 2. The first-order chi connectivity index (χ1) is 26.1. The molecule has 2 aromatic carbocycles. The minimum Gasteiger partial charge on any atom is -0.453 e. The van der Waals surface area contributed by atoms with Crippen LogP contribution in [0.15, 0.2) is 60.9 Å². The van der Waals surface area contributed by atoms with E-state index in [2.05, 4.69) is 74.1 Å². The molecule has 3 aliphatic rings. The Kier molecular flexibility index (Phi) is 10.7. The number of aromatic nitrogens is 4. The number of ether oxygens (including phenoxy) is 2. The van der Waals surface area contributed by atoms with E-state index in [0.29, 0.717) is 13.0 Å². The van der Waals surface area contributed by atoms with Gasteiger partial charge in [0.25, 0.3) is 0 Å². The molecule has 4 aromatic rings. The number of imidazole rings is 2. The molecule has 14 nitrogen and oxygen atoms in total. The number of fused-ring (bicyclic) bond motifs is 1. The van der Waals surface area contributed by atoms with Gasteiger partial charge in [0.15, 0.2) is 0 Å². The largest absolute Gasteiger partial charge is 0.453 e. The van der Waals surface area contributed by atoms with Gasteiger partial charge in [-0.3, -0.25) is 9.59 Å². The van der Waals surface area contributed by atoms with E-state index in [1.807, 2.05) is 29.8 Å². The Bertz CT molecular complexity index is 1970. The van der Waals surface area contributed by atoms with Gasteiger partial charge in [0, 0.05) is 12.6 Å². The molecule has 3 saturated heterocycles. The first-order valence-electron chi connectivity index (χ1n) is 18.8. The Balaban J connectivity index is 1.01. The monoisotopic (exact) mass is 736 g/mol. The van der Waals surface area contributed by atoms with Gasteiger partial charge in [-0.25, -0.2) is 19.6 Å². The number of hydrogen-bond acceptors (Lipinski definition) is 8. The van der Waals surface area contributed by atoms with E-state index in [1.54, 1.807) is 6.20 Å². The van der Waals surface area contributed by atoms with Gasteiger partial charge < -0.3 is 39.9 Å². The number of likely N-dealkylation sites (tertiary alicyclic amines) is 1. The van der Waals surface area contributed by atoms with E-state index in [1.165, 1.54) is 14.2 Å². The zero-order valence-electron chi connectivity index (χ0n) is 31.1. The number of rotatable bonds is 9. The molecule has 5 heterocycles. The molecule has 0 bridgehead atoms. The Morgan fingerprint density at radius 1 is 0.741 bits per heavy atom. The van der Waals surface area contributed by atoms with E-state index in [0.717, 1.165) is 83.8 Å². The highest BCUT2D eigenvalue weighted by Gasteiger charge is 2.44. The van der Waals surface area contributed by atoms with Crippen molar-refractivity contribution in [2.45, 2.75) is 89.0 Å². The topological polar surface area (TPSA) is 175 Å². The Morgan fingerprint density at radius 3 is 1.89 bits per heavy atom. The fraction of sp³-hybridized carbons (Fsp3) is 0.450. The number of hydrogen-bond donors (Lipinski definition) is 4. The summed E-state index contributed by atoms with van der Waals surface area (Å²) in [6.45, 7) is 4.40. The Labute approximate surface area is 314 Å². The van der Waals surface area contributed by atoms with Crippen LogP contribution in [0.1, 0.15) is 82.5 Å². The first-order valence-corrected chi connectivity index (χ1v) is 18.8. The predicted octanol–water partition coefficient (Wildman–Crippen LogP) is 6.12. The summed E-state index contributed by atoms with van der Waals surface area (Å²) in [5, 5.41) is 5.41. The van der Waals surface area contributed by atoms with Crippen LogP contribution in [0.5, 0.6) is 0 Å².